The molecule has 2 aromatic rings. The molecule has 1 heterocycles. The number of halogens is 1. The van der Waals surface area contributed by atoms with Gasteiger partial charge in [-0.25, -0.2) is 14.1 Å². The molecule has 2 unspecified atom stereocenters. The third kappa shape index (κ3) is 3.22. The average Bonchev–Trinajstić information content (AvgIpc) is 3.01. The van der Waals surface area contributed by atoms with Gasteiger partial charge < -0.3 is 5.11 Å². The van der Waals surface area contributed by atoms with Crippen LogP contribution in [0.3, 0.4) is 0 Å². The Morgan fingerprint density at radius 2 is 1.76 bits per heavy atom. The lowest BCUT2D eigenvalue weighted by Gasteiger charge is -2.48. The second-order valence-corrected chi connectivity index (χ2v) is 7.11. The van der Waals surface area contributed by atoms with Crippen molar-refractivity contribution in [2.75, 3.05) is 0 Å². The van der Waals surface area contributed by atoms with E-state index in [1.807, 2.05) is 27.7 Å². The van der Waals surface area contributed by atoms with Crippen molar-refractivity contribution < 1.29 is 23.5 Å². The zero-order valence-corrected chi connectivity index (χ0v) is 15.4. The first-order chi connectivity index (χ1) is 11.7. The molecular formula is C16H22FN3O4P+. The minimum absolute atomic E-state index is 0.143. The third-order valence-corrected chi connectivity index (χ3v) is 4.97. The molecule has 25 heavy (non-hydrogen) atoms. The van der Waals surface area contributed by atoms with Crippen molar-refractivity contribution in [3.8, 4) is 0 Å². The molecule has 2 rings (SSSR count). The molecule has 0 aliphatic rings. The van der Waals surface area contributed by atoms with E-state index in [1.54, 1.807) is 0 Å². The predicted molar refractivity (Wildman–Crippen MR) is 88.9 cm³/mol. The maximum absolute atomic E-state index is 13.4. The van der Waals surface area contributed by atoms with Gasteiger partial charge in [0.25, 0.3) is 5.79 Å². The molecule has 0 aliphatic carbocycles. The van der Waals surface area contributed by atoms with Gasteiger partial charge in [0.1, 0.15) is 24.0 Å². The number of nitrogens with zero attached hydrogens (tertiary/aromatic N) is 3. The van der Waals surface area contributed by atoms with E-state index in [4.69, 9.17) is 4.52 Å². The van der Waals surface area contributed by atoms with Crippen LogP contribution < -0.4 is 0 Å². The molecule has 7 nitrogen and oxygen atoms in total. The molecule has 1 aromatic carbocycles. The molecule has 0 radical (unpaired) electrons. The summed E-state index contributed by atoms with van der Waals surface area (Å²) in [6, 6.07) is 4.96. The Bertz CT molecular complexity index is 713. The highest BCUT2D eigenvalue weighted by atomic mass is 31.1. The highest BCUT2D eigenvalue weighted by Crippen LogP contribution is 2.52. The fraction of sp³-hybridized carbons (Fsp3) is 0.500. The highest BCUT2D eigenvalue weighted by Gasteiger charge is 2.63. The fourth-order valence-electron chi connectivity index (χ4n) is 3.68. The van der Waals surface area contributed by atoms with Crippen molar-refractivity contribution in [3.05, 3.63) is 48.3 Å². The Morgan fingerprint density at radius 3 is 2.16 bits per heavy atom. The monoisotopic (exact) mass is 370 g/mol. The topological polar surface area (TPSA) is 97.5 Å². The van der Waals surface area contributed by atoms with Gasteiger partial charge in [-0.3, -0.25) is 0 Å². The molecule has 2 atom stereocenters. The maximum Gasteiger partial charge on any atom is 0.698 e. The van der Waals surface area contributed by atoms with Gasteiger partial charge in [0.15, 0.2) is 0 Å². The van der Waals surface area contributed by atoms with E-state index in [1.165, 1.54) is 29.5 Å². The Kier molecular flexibility index (Phi) is 5.68. The molecule has 0 spiro atoms. The smallest absolute Gasteiger partial charge is 0.356 e. The quantitative estimate of drug-likeness (QED) is 0.574. The van der Waals surface area contributed by atoms with Gasteiger partial charge in [0, 0.05) is 10.1 Å². The molecule has 0 saturated carbocycles. The van der Waals surface area contributed by atoms with Gasteiger partial charge in [0.05, 0.1) is 0 Å². The zero-order chi connectivity index (χ0) is 18.8. The van der Waals surface area contributed by atoms with Crippen LogP contribution in [0.15, 0.2) is 36.9 Å². The second-order valence-electron chi connectivity index (χ2n) is 6.45. The molecular weight excluding hydrogens is 348 g/mol. The van der Waals surface area contributed by atoms with Crippen LogP contribution in [0.1, 0.15) is 33.3 Å². The van der Waals surface area contributed by atoms with Crippen LogP contribution in [-0.2, 0) is 20.4 Å². The molecule has 1 aromatic heterocycles. The fourth-order valence-corrected chi connectivity index (χ4v) is 4.16. The maximum atomic E-state index is 13.4. The van der Waals surface area contributed by atoms with Crippen LogP contribution in [0.5, 0.6) is 0 Å². The van der Waals surface area contributed by atoms with Crippen LogP contribution in [0.2, 0.25) is 0 Å². The first-order valence-corrected chi connectivity index (χ1v) is 8.98. The molecule has 0 amide bonds. The number of hydrogen-bond acceptors (Lipinski definition) is 5. The number of benzene rings is 1. The van der Waals surface area contributed by atoms with Crippen LogP contribution in [-0.4, -0.2) is 24.8 Å². The molecule has 0 aliphatic heterocycles. The van der Waals surface area contributed by atoms with Gasteiger partial charge in [0.2, 0.25) is 0 Å². The van der Waals surface area contributed by atoms with Gasteiger partial charge >= 0.3 is 8.25 Å². The van der Waals surface area contributed by atoms with Crippen molar-refractivity contribution in [3.63, 3.8) is 0 Å². The van der Waals surface area contributed by atoms with Gasteiger partial charge in [-0.2, -0.15) is 5.10 Å². The minimum atomic E-state index is -3.16. The summed E-state index contributed by atoms with van der Waals surface area (Å²) in [5.74, 6) is -3.34. The van der Waals surface area contributed by atoms with Gasteiger partial charge in [-0.15, -0.1) is 4.89 Å². The van der Waals surface area contributed by atoms with Gasteiger partial charge in [-0.1, -0.05) is 44.4 Å². The van der Waals surface area contributed by atoms with Crippen LogP contribution in [0.25, 0.3) is 0 Å². The van der Waals surface area contributed by atoms with E-state index in [2.05, 4.69) is 10.1 Å². The van der Waals surface area contributed by atoms with E-state index in [-0.39, 0.29) is 17.4 Å². The summed E-state index contributed by atoms with van der Waals surface area (Å²) >= 11 is 0. The highest BCUT2D eigenvalue weighted by molar-refractivity contribution is 7.32. The lowest BCUT2D eigenvalue weighted by atomic mass is 9.68. The predicted octanol–water partition coefficient (Wildman–Crippen LogP) is 2.94. The van der Waals surface area contributed by atoms with Crippen LogP contribution in [0, 0.1) is 17.7 Å². The lowest BCUT2D eigenvalue weighted by molar-refractivity contribution is -0.258. The lowest BCUT2D eigenvalue weighted by Crippen LogP contribution is -2.60. The summed E-state index contributed by atoms with van der Waals surface area (Å²) in [6.45, 7) is 7.35. The van der Waals surface area contributed by atoms with Crippen LogP contribution in [0.4, 0.5) is 4.39 Å². The number of hydrogen-bond donors (Lipinski definition) is 2. The summed E-state index contributed by atoms with van der Waals surface area (Å²) in [5, 5.41) is 15.8. The summed E-state index contributed by atoms with van der Waals surface area (Å²) in [7, 11) is -3.16. The number of aromatic nitrogens is 3. The Hall–Kier alpha value is -1.73. The SMILES string of the molecule is CC(C)C(C(C)C)(n1cncn1)C(O)(O[P+](=O)O)c1ccc(F)cc1. The number of aliphatic hydroxyl groups is 1. The Morgan fingerprint density at radius 1 is 1.20 bits per heavy atom. The summed E-state index contributed by atoms with van der Waals surface area (Å²) < 4.78 is 31.6. The van der Waals surface area contributed by atoms with E-state index in [9.17, 15) is 19.0 Å². The Balaban J connectivity index is 2.82. The molecule has 0 saturated heterocycles. The Labute approximate surface area is 146 Å². The molecule has 2 N–H and O–H groups in total. The molecule has 9 heteroatoms. The first-order valence-electron chi connectivity index (χ1n) is 7.85. The van der Waals surface area contributed by atoms with E-state index < -0.39 is 25.4 Å². The largest absolute Gasteiger partial charge is 0.698 e. The van der Waals surface area contributed by atoms with E-state index >= 15 is 0 Å². The average molecular weight is 370 g/mol. The van der Waals surface area contributed by atoms with E-state index in [0.29, 0.717) is 0 Å². The van der Waals surface area contributed by atoms with Crippen molar-refractivity contribution >= 4 is 8.25 Å². The normalized spacial score (nSPS) is 15.5. The summed E-state index contributed by atoms with van der Waals surface area (Å²) in [6.07, 6.45) is 2.73. The van der Waals surface area contributed by atoms with Crippen LogP contribution >= 0.6 is 8.25 Å². The van der Waals surface area contributed by atoms with E-state index in [0.717, 1.165) is 12.1 Å². The number of rotatable bonds is 7. The van der Waals surface area contributed by atoms with Crippen molar-refractivity contribution in [1.82, 2.24) is 14.8 Å². The third-order valence-electron chi connectivity index (χ3n) is 4.55. The first kappa shape index (κ1) is 19.6. The summed E-state index contributed by atoms with van der Waals surface area (Å²) in [4.78, 5) is 13.4. The molecule has 0 fully saturated rings. The molecule has 0 bridgehead atoms. The van der Waals surface area contributed by atoms with Crippen molar-refractivity contribution in [2.24, 2.45) is 11.8 Å². The minimum Gasteiger partial charge on any atom is -0.356 e. The van der Waals surface area contributed by atoms with Gasteiger partial charge in [-0.05, 0) is 24.0 Å². The second kappa shape index (κ2) is 7.25. The van der Waals surface area contributed by atoms with Crippen molar-refractivity contribution in [1.29, 1.82) is 0 Å². The standard InChI is InChI=1S/C16H21FN3O4P/c1-11(2)15(12(3)4,20-10-18-9-19-20)16(21,24-25(22)23)13-5-7-14(17)8-6-13/h5-12,21H,1-4H3/p+1. The summed E-state index contributed by atoms with van der Waals surface area (Å²) in [5.41, 5.74) is -1.14. The molecule has 136 valence electrons. The zero-order valence-electron chi connectivity index (χ0n) is 14.5. The van der Waals surface area contributed by atoms with Crippen molar-refractivity contribution in [2.45, 2.75) is 39.0 Å².